The summed E-state index contributed by atoms with van der Waals surface area (Å²) in [6, 6.07) is 10.3. The van der Waals surface area contributed by atoms with E-state index in [1.165, 1.54) is 0 Å². The summed E-state index contributed by atoms with van der Waals surface area (Å²) in [5, 5.41) is 7.91. The Labute approximate surface area is 185 Å². The highest BCUT2D eigenvalue weighted by Crippen LogP contribution is 2.28. The maximum Gasteiger partial charge on any atom is 0.254 e. The fourth-order valence-electron chi connectivity index (χ4n) is 4.25. The third-order valence-corrected chi connectivity index (χ3v) is 6.11. The number of benzene rings is 1. The van der Waals surface area contributed by atoms with Crippen molar-refractivity contribution in [3.05, 3.63) is 53.5 Å². The normalized spacial score (nSPS) is 12.5. The van der Waals surface area contributed by atoms with Gasteiger partial charge in [-0.05, 0) is 52.5 Å². The van der Waals surface area contributed by atoms with E-state index in [0.717, 1.165) is 60.6 Å². The Morgan fingerprint density at radius 2 is 1.87 bits per heavy atom. The predicted molar refractivity (Wildman–Crippen MR) is 126 cm³/mol. The standard InChI is InChI=1S/C25H35N5O/c1-6-22-21(25(31)27-18(4)13-12-16-29(7-2)8-3)17-26-24-23(19(5)28-30(22)24)20-14-10-9-11-15-20/h9-11,14-15,17-18H,6-8,12-13,16H2,1-5H3,(H,27,31)/p+1/t18-/m1/s1. The van der Waals surface area contributed by atoms with E-state index in [2.05, 4.69) is 50.1 Å². The minimum Gasteiger partial charge on any atom is -0.349 e. The summed E-state index contributed by atoms with van der Waals surface area (Å²) in [6.07, 6.45) is 4.50. The lowest BCUT2D eigenvalue weighted by molar-refractivity contribution is -0.896. The SMILES string of the molecule is CCc1c(C(=O)N[C@H](C)CCC[NH+](CC)CC)cnc2c(-c3ccccc3)c(C)nn12. The third kappa shape index (κ3) is 5.13. The average Bonchev–Trinajstić information content (AvgIpc) is 3.12. The number of fused-ring (bicyclic) bond motifs is 1. The van der Waals surface area contributed by atoms with Crippen LogP contribution in [-0.4, -0.2) is 46.2 Å². The molecule has 0 bridgehead atoms. The number of hydrogen-bond acceptors (Lipinski definition) is 3. The number of nitrogens with one attached hydrogen (secondary N) is 2. The van der Waals surface area contributed by atoms with Crippen LogP contribution in [0, 0.1) is 6.92 Å². The Bertz CT molecular complexity index is 1010. The zero-order valence-electron chi connectivity index (χ0n) is 19.5. The molecule has 1 atom stereocenters. The first kappa shape index (κ1) is 22.9. The minimum atomic E-state index is -0.0663. The molecule has 0 aliphatic carbocycles. The molecule has 3 aromatic rings. The van der Waals surface area contributed by atoms with Gasteiger partial charge in [-0.3, -0.25) is 4.79 Å². The van der Waals surface area contributed by atoms with Crippen LogP contribution in [0.4, 0.5) is 0 Å². The summed E-state index contributed by atoms with van der Waals surface area (Å²) in [4.78, 5) is 19.3. The van der Waals surface area contributed by atoms with E-state index in [0.29, 0.717) is 12.0 Å². The number of rotatable bonds is 10. The van der Waals surface area contributed by atoms with Crippen LogP contribution in [0.2, 0.25) is 0 Å². The Hall–Kier alpha value is -2.73. The average molecular weight is 423 g/mol. The molecule has 2 aromatic heterocycles. The molecule has 0 unspecified atom stereocenters. The molecule has 0 saturated carbocycles. The van der Waals surface area contributed by atoms with Crippen molar-refractivity contribution < 1.29 is 9.69 Å². The smallest absolute Gasteiger partial charge is 0.254 e. The summed E-state index contributed by atoms with van der Waals surface area (Å²) in [6.45, 7) is 14.0. The monoisotopic (exact) mass is 422 g/mol. The second-order valence-corrected chi connectivity index (χ2v) is 8.26. The highest BCUT2D eigenvalue weighted by molar-refractivity contribution is 5.96. The van der Waals surface area contributed by atoms with Crippen molar-refractivity contribution in [2.24, 2.45) is 0 Å². The minimum absolute atomic E-state index is 0.0663. The van der Waals surface area contributed by atoms with Crippen molar-refractivity contribution in [1.82, 2.24) is 19.9 Å². The number of quaternary nitrogens is 1. The largest absolute Gasteiger partial charge is 0.349 e. The van der Waals surface area contributed by atoms with Crippen LogP contribution < -0.4 is 10.2 Å². The molecule has 31 heavy (non-hydrogen) atoms. The molecule has 0 aliphatic heterocycles. The molecule has 166 valence electrons. The van der Waals surface area contributed by atoms with Crippen molar-refractivity contribution in [1.29, 1.82) is 0 Å². The fraction of sp³-hybridized carbons (Fsp3) is 0.480. The second kappa shape index (κ2) is 10.5. The molecule has 6 heteroatoms. The molecule has 3 rings (SSSR count). The topological polar surface area (TPSA) is 63.7 Å². The van der Waals surface area contributed by atoms with Gasteiger partial charge in [0.25, 0.3) is 5.91 Å². The van der Waals surface area contributed by atoms with Gasteiger partial charge in [-0.25, -0.2) is 9.50 Å². The van der Waals surface area contributed by atoms with Gasteiger partial charge < -0.3 is 10.2 Å². The molecule has 0 spiro atoms. The number of amides is 1. The van der Waals surface area contributed by atoms with Crippen LogP contribution in [0.1, 0.15) is 62.3 Å². The van der Waals surface area contributed by atoms with Crippen molar-refractivity contribution >= 4 is 11.6 Å². The van der Waals surface area contributed by atoms with E-state index >= 15 is 0 Å². The molecule has 2 heterocycles. The van der Waals surface area contributed by atoms with Crippen molar-refractivity contribution in [3.8, 4) is 11.1 Å². The van der Waals surface area contributed by atoms with Gasteiger partial charge in [0.15, 0.2) is 5.65 Å². The molecular weight excluding hydrogens is 386 g/mol. The quantitative estimate of drug-likeness (QED) is 0.528. The Kier molecular flexibility index (Phi) is 7.80. The molecule has 1 amide bonds. The molecule has 6 nitrogen and oxygen atoms in total. The van der Waals surface area contributed by atoms with Crippen LogP contribution in [0.5, 0.6) is 0 Å². The number of aromatic nitrogens is 3. The first-order chi connectivity index (χ1) is 15.0. The van der Waals surface area contributed by atoms with Crippen LogP contribution in [-0.2, 0) is 6.42 Å². The number of aryl methyl sites for hydroxylation is 2. The lowest BCUT2D eigenvalue weighted by Gasteiger charge is -2.18. The van der Waals surface area contributed by atoms with Crippen LogP contribution in [0.15, 0.2) is 36.5 Å². The van der Waals surface area contributed by atoms with Crippen LogP contribution >= 0.6 is 0 Å². The van der Waals surface area contributed by atoms with Gasteiger partial charge in [0.05, 0.1) is 36.6 Å². The number of carbonyl (C=O) groups excluding carboxylic acids is 1. The molecule has 0 saturated heterocycles. The van der Waals surface area contributed by atoms with E-state index in [-0.39, 0.29) is 11.9 Å². The maximum absolute atomic E-state index is 13.1. The molecule has 2 N–H and O–H groups in total. The summed E-state index contributed by atoms with van der Waals surface area (Å²) >= 11 is 0. The lowest BCUT2D eigenvalue weighted by Crippen LogP contribution is -3.11. The number of carbonyl (C=O) groups is 1. The maximum atomic E-state index is 13.1. The van der Waals surface area contributed by atoms with E-state index in [1.54, 1.807) is 11.1 Å². The summed E-state index contributed by atoms with van der Waals surface area (Å²) < 4.78 is 1.85. The van der Waals surface area contributed by atoms with Gasteiger partial charge in [0.2, 0.25) is 0 Å². The molecular formula is C25H36N5O+. The predicted octanol–water partition coefficient (Wildman–Crippen LogP) is 3.09. The van der Waals surface area contributed by atoms with Gasteiger partial charge in [0, 0.05) is 17.8 Å². The number of nitrogens with zero attached hydrogens (tertiary/aromatic N) is 3. The zero-order valence-corrected chi connectivity index (χ0v) is 19.5. The van der Waals surface area contributed by atoms with Gasteiger partial charge in [-0.15, -0.1) is 0 Å². The lowest BCUT2D eigenvalue weighted by atomic mass is 10.1. The Morgan fingerprint density at radius 3 is 2.52 bits per heavy atom. The summed E-state index contributed by atoms with van der Waals surface area (Å²) in [7, 11) is 0. The van der Waals surface area contributed by atoms with Gasteiger partial charge in [-0.1, -0.05) is 37.3 Å². The molecule has 0 radical (unpaired) electrons. The summed E-state index contributed by atoms with van der Waals surface area (Å²) in [5.74, 6) is -0.0663. The van der Waals surface area contributed by atoms with E-state index in [9.17, 15) is 4.79 Å². The third-order valence-electron chi connectivity index (χ3n) is 6.11. The highest BCUT2D eigenvalue weighted by Gasteiger charge is 2.21. The van der Waals surface area contributed by atoms with Gasteiger partial charge in [0.1, 0.15) is 0 Å². The van der Waals surface area contributed by atoms with Crippen molar-refractivity contribution in [2.45, 2.75) is 59.9 Å². The molecule has 0 fully saturated rings. The molecule has 1 aromatic carbocycles. The Balaban J connectivity index is 1.80. The fourth-order valence-corrected chi connectivity index (χ4v) is 4.25. The second-order valence-electron chi connectivity index (χ2n) is 8.26. The van der Waals surface area contributed by atoms with Crippen molar-refractivity contribution in [3.63, 3.8) is 0 Å². The van der Waals surface area contributed by atoms with Gasteiger partial charge in [-0.2, -0.15) is 5.10 Å². The molecule has 0 aliphatic rings. The zero-order chi connectivity index (χ0) is 22.4. The van der Waals surface area contributed by atoms with E-state index in [1.807, 2.05) is 29.6 Å². The summed E-state index contributed by atoms with van der Waals surface area (Å²) in [5.41, 5.74) is 5.33. The van der Waals surface area contributed by atoms with Crippen LogP contribution in [0.3, 0.4) is 0 Å². The van der Waals surface area contributed by atoms with E-state index < -0.39 is 0 Å². The number of hydrogen-bond donors (Lipinski definition) is 2. The van der Waals surface area contributed by atoms with Crippen LogP contribution in [0.25, 0.3) is 16.8 Å². The van der Waals surface area contributed by atoms with Crippen molar-refractivity contribution in [2.75, 3.05) is 19.6 Å². The first-order valence-corrected chi connectivity index (χ1v) is 11.6. The van der Waals surface area contributed by atoms with Gasteiger partial charge >= 0.3 is 0 Å². The highest BCUT2D eigenvalue weighted by atomic mass is 16.1. The first-order valence-electron chi connectivity index (χ1n) is 11.6. The van der Waals surface area contributed by atoms with E-state index in [4.69, 9.17) is 5.10 Å². The Morgan fingerprint density at radius 1 is 1.16 bits per heavy atom.